The van der Waals surface area contributed by atoms with Crippen LogP contribution < -0.4 is 5.43 Å². The van der Waals surface area contributed by atoms with Crippen molar-refractivity contribution in [3.05, 3.63) is 35.4 Å². The van der Waals surface area contributed by atoms with Crippen LogP contribution in [0.15, 0.2) is 24.3 Å². The van der Waals surface area contributed by atoms with Crippen LogP contribution in [0.25, 0.3) is 0 Å². The first kappa shape index (κ1) is 14.5. The van der Waals surface area contributed by atoms with Gasteiger partial charge in [0.15, 0.2) is 0 Å². The fourth-order valence-electron chi connectivity index (χ4n) is 2.82. The summed E-state index contributed by atoms with van der Waals surface area (Å²) in [5, 5.41) is 11.6. The van der Waals surface area contributed by atoms with Gasteiger partial charge in [0.2, 0.25) is 0 Å². The third-order valence-electron chi connectivity index (χ3n) is 4.25. The highest BCUT2D eigenvalue weighted by molar-refractivity contribution is 6.02. The van der Waals surface area contributed by atoms with Gasteiger partial charge in [-0.3, -0.25) is 19.9 Å². The minimum absolute atomic E-state index is 0.195. The molecule has 0 bridgehead atoms. The summed E-state index contributed by atoms with van der Waals surface area (Å²) in [6, 6.07) is 7.04. The third-order valence-corrected chi connectivity index (χ3v) is 4.25. The van der Waals surface area contributed by atoms with Crippen LogP contribution in [0, 0.1) is 0 Å². The highest BCUT2D eigenvalue weighted by Gasteiger charge is 2.42. The van der Waals surface area contributed by atoms with E-state index in [9.17, 15) is 19.5 Å². The summed E-state index contributed by atoms with van der Waals surface area (Å²) in [6.07, 6.45) is 1.06. The number of nitrogens with one attached hydrogen (secondary N) is 1. The number of carbonyl (C=O) groups excluding carboxylic acids is 3. The largest absolute Gasteiger partial charge is 0.380 e. The molecule has 1 saturated heterocycles. The van der Waals surface area contributed by atoms with E-state index in [4.69, 9.17) is 0 Å². The van der Waals surface area contributed by atoms with E-state index < -0.39 is 23.4 Å². The Morgan fingerprint density at radius 1 is 1.27 bits per heavy atom. The molecule has 4 amide bonds. The van der Waals surface area contributed by atoms with Gasteiger partial charge >= 0.3 is 6.03 Å². The van der Waals surface area contributed by atoms with Gasteiger partial charge in [-0.25, -0.2) is 9.80 Å². The number of amides is 4. The Bertz CT molecular complexity index is 660. The molecule has 1 atom stereocenters. The highest BCUT2D eigenvalue weighted by atomic mass is 16.3. The van der Waals surface area contributed by atoms with Crippen molar-refractivity contribution in [2.45, 2.75) is 24.9 Å². The van der Waals surface area contributed by atoms with Gasteiger partial charge < -0.3 is 5.11 Å². The fourth-order valence-corrected chi connectivity index (χ4v) is 2.82. The SMILES string of the molecule is CN1C(=O)CN(NC(=O)C2(O)CCc3ccccc3C2)C1=O. The summed E-state index contributed by atoms with van der Waals surface area (Å²) < 4.78 is 0. The standard InChI is InChI=1S/C15H17N3O4/c1-17-12(19)9-18(14(17)21)16-13(20)15(22)7-6-10-4-2-3-5-11(10)8-15/h2-5,22H,6-9H2,1H3,(H,16,20). The van der Waals surface area contributed by atoms with Crippen molar-refractivity contribution in [2.24, 2.45) is 0 Å². The van der Waals surface area contributed by atoms with Crippen molar-refractivity contribution >= 4 is 17.8 Å². The van der Waals surface area contributed by atoms with E-state index in [1.54, 1.807) is 0 Å². The summed E-state index contributed by atoms with van der Waals surface area (Å²) in [5.74, 6) is -1.05. The Labute approximate surface area is 127 Å². The number of likely N-dealkylation sites (N-methyl/N-ethyl adjacent to an activating group) is 1. The average molecular weight is 303 g/mol. The van der Waals surface area contributed by atoms with Crippen LogP contribution in [0.3, 0.4) is 0 Å². The van der Waals surface area contributed by atoms with Gasteiger partial charge in [0.25, 0.3) is 11.8 Å². The second-order valence-corrected chi connectivity index (χ2v) is 5.74. The summed E-state index contributed by atoms with van der Waals surface area (Å²) in [6.45, 7) is -0.215. The first-order valence-electron chi connectivity index (χ1n) is 7.09. The van der Waals surface area contributed by atoms with E-state index in [2.05, 4.69) is 5.43 Å². The second-order valence-electron chi connectivity index (χ2n) is 5.74. The molecule has 1 heterocycles. The Kier molecular flexibility index (Phi) is 3.37. The number of nitrogens with zero attached hydrogens (tertiary/aromatic N) is 2. The second kappa shape index (κ2) is 5.10. The number of urea groups is 1. The van der Waals surface area contributed by atoms with E-state index in [0.717, 1.165) is 21.0 Å². The summed E-state index contributed by atoms with van der Waals surface area (Å²) in [4.78, 5) is 36.5. The third kappa shape index (κ3) is 2.33. The van der Waals surface area contributed by atoms with Crippen LogP contribution in [-0.4, -0.2) is 52.1 Å². The molecule has 7 heteroatoms. The molecule has 1 aromatic rings. The lowest BCUT2D eigenvalue weighted by molar-refractivity contribution is -0.144. The van der Waals surface area contributed by atoms with Crippen molar-refractivity contribution in [3.63, 3.8) is 0 Å². The molecule has 3 rings (SSSR count). The summed E-state index contributed by atoms with van der Waals surface area (Å²) in [5.41, 5.74) is 2.83. The smallest absolute Gasteiger partial charge is 0.345 e. The number of aliphatic hydroxyl groups is 1. The lowest BCUT2D eigenvalue weighted by atomic mass is 9.80. The van der Waals surface area contributed by atoms with Crippen LogP contribution >= 0.6 is 0 Å². The van der Waals surface area contributed by atoms with Crippen molar-refractivity contribution < 1.29 is 19.5 Å². The normalized spacial score (nSPS) is 24.5. The van der Waals surface area contributed by atoms with E-state index in [1.165, 1.54) is 7.05 Å². The molecule has 0 spiro atoms. The quantitative estimate of drug-likeness (QED) is 0.742. The van der Waals surface area contributed by atoms with Crippen molar-refractivity contribution in [3.8, 4) is 0 Å². The molecule has 116 valence electrons. The molecule has 0 saturated carbocycles. The van der Waals surface area contributed by atoms with E-state index in [-0.39, 0.29) is 19.4 Å². The van der Waals surface area contributed by atoms with Crippen LogP contribution in [-0.2, 0) is 22.4 Å². The molecule has 0 aromatic heterocycles. The zero-order valence-electron chi connectivity index (χ0n) is 12.2. The topological polar surface area (TPSA) is 90.0 Å². The Morgan fingerprint density at radius 2 is 1.95 bits per heavy atom. The first-order chi connectivity index (χ1) is 10.4. The molecule has 1 unspecified atom stereocenters. The van der Waals surface area contributed by atoms with Crippen LogP contribution in [0.5, 0.6) is 0 Å². The molecular weight excluding hydrogens is 286 g/mol. The lowest BCUT2D eigenvalue weighted by Gasteiger charge is -2.33. The predicted octanol–water partition coefficient (Wildman–Crippen LogP) is -0.168. The van der Waals surface area contributed by atoms with Gasteiger partial charge in [-0.2, -0.15) is 0 Å². The minimum Gasteiger partial charge on any atom is -0.380 e. The monoisotopic (exact) mass is 303 g/mol. The number of hydrazine groups is 1. The zero-order chi connectivity index (χ0) is 15.9. The molecular formula is C15H17N3O4. The van der Waals surface area contributed by atoms with Gasteiger partial charge in [0.05, 0.1) is 0 Å². The molecule has 1 aromatic carbocycles. The average Bonchev–Trinajstić information content (AvgIpc) is 2.74. The van der Waals surface area contributed by atoms with Crippen molar-refractivity contribution in [2.75, 3.05) is 13.6 Å². The van der Waals surface area contributed by atoms with Crippen LogP contribution in [0.4, 0.5) is 4.79 Å². The molecule has 0 radical (unpaired) electrons. The number of rotatable bonds is 2. The molecule has 1 aliphatic carbocycles. The van der Waals surface area contributed by atoms with Gasteiger partial charge in [0.1, 0.15) is 12.1 Å². The predicted molar refractivity (Wildman–Crippen MR) is 76.4 cm³/mol. The van der Waals surface area contributed by atoms with Gasteiger partial charge in [-0.05, 0) is 24.0 Å². The summed E-state index contributed by atoms with van der Waals surface area (Å²) >= 11 is 0. The number of fused-ring (bicyclic) bond motifs is 1. The number of carbonyl (C=O) groups is 3. The number of hydrogen-bond donors (Lipinski definition) is 2. The first-order valence-corrected chi connectivity index (χ1v) is 7.09. The molecule has 7 nitrogen and oxygen atoms in total. The van der Waals surface area contributed by atoms with Crippen LogP contribution in [0.1, 0.15) is 17.5 Å². The van der Waals surface area contributed by atoms with E-state index in [0.29, 0.717) is 6.42 Å². The number of benzene rings is 1. The molecule has 1 aliphatic heterocycles. The molecule has 1 fully saturated rings. The maximum absolute atomic E-state index is 12.4. The molecule has 2 aliphatic rings. The number of imide groups is 1. The van der Waals surface area contributed by atoms with E-state index in [1.807, 2.05) is 24.3 Å². The number of hydrogen-bond acceptors (Lipinski definition) is 4. The molecule has 2 N–H and O–H groups in total. The molecule has 22 heavy (non-hydrogen) atoms. The number of aryl methyl sites for hydroxylation is 1. The van der Waals surface area contributed by atoms with Gasteiger partial charge in [0, 0.05) is 13.5 Å². The van der Waals surface area contributed by atoms with Gasteiger partial charge in [-0.1, -0.05) is 24.3 Å². The van der Waals surface area contributed by atoms with Gasteiger partial charge in [-0.15, -0.1) is 0 Å². The maximum Gasteiger partial charge on any atom is 0.345 e. The van der Waals surface area contributed by atoms with Crippen molar-refractivity contribution in [1.29, 1.82) is 0 Å². The van der Waals surface area contributed by atoms with Crippen molar-refractivity contribution in [1.82, 2.24) is 15.3 Å². The van der Waals surface area contributed by atoms with Crippen LogP contribution in [0.2, 0.25) is 0 Å². The lowest BCUT2D eigenvalue weighted by Crippen LogP contribution is -2.56. The Morgan fingerprint density at radius 3 is 2.59 bits per heavy atom. The fraction of sp³-hybridized carbons (Fsp3) is 0.400. The minimum atomic E-state index is -1.57. The highest BCUT2D eigenvalue weighted by Crippen LogP contribution is 2.29. The van der Waals surface area contributed by atoms with E-state index >= 15 is 0 Å². The zero-order valence-corrected chi connectivity index (χ0v) is 12.2. The summed E-state index contributed by atoms with van der Waals surface area (Å²) in [7, 11) is 1.35. The Hall–Kier alpha value is -2.41. The maximum atomic E-state index is 12.4. The Balaban J connectivity index is 1.73.